The van der Waals surface area contributed by atoms with Gasteiger partial charge in [0, 0.05) is 18.1 Å². The van der Waals surface area contributed by atoms with Gasteiger partial charge in [0.2, 0.25) is 0 Å². The quantitative estimate of drug-likeness (QED) is 0.487. The summed E-state index contributed by atoms with van der Waals surface area (Å²) in [7, 11) is 0. The van der Waals surface area contributed by atoms with Gasteiger partial charge in [0.05, 0.1) is 0 Å². The Morgan fingerprint density at radius 3 is 2.05 bits per heavy atom. The first-order valence-corrected chi connectivity index (χ1v) is 9.11. The van der Waals surface area contributed by atoms with Gasteiger partial charge in [-0.3, -0.25) is 4.90 Å². The minimum atomic E-state index is 0.652. The van der Waals surface area contributed by atoms with Gasteiger partial charge < -0.3 is 5.32 Å². The maximum absolute atomic E-state index is 3.81. The molecule has 1 N–H and O–H groups in total. The molecular formula is C18H40N2. The van der Waals surface area contributed by atoms with Crippen molar-refractivity contribution < 1.29 is 0 Å². The van der Waals surface area contributed by atoms with Gasteiger partial charge in [0.1, 0.15) is 0 Å². The summed E-state index contributed by atoms with van der Waals surface area (Å²) in [4.78, 5) is 2.75. The molecule has 0 spiro atoms. The third kappa shape index (κ3) is 7.64. The highest BCUT2D eigenvalue weighted by atomic mass is 15.2. The number of rotatable bonds is 13. The zero-order valence-electron chi connectivity index (χ0n) is 15.0. The van der Waals surface area contributed by atoms with Crippen molar-refractivity contribution in [1.29, 1.82) is 0 Å². The van der Waals surface area contributed by atoms with Crippen LogP contribution < -0.4 is 5.32 Å². The number of nitrogens with zero attached hydrogens (tertiary/aromatic N) is 1. The van der Waals surface area contributed by atoms with Crippen LogP contribution in [-0.2, 0) is 0 Å². The SMILES string of the molecule is CCCCCN(C(C)C)C(CC)C(CCC)NCCC. The van der Waals surface area contributed by atoms with E-state index in [0.717, 1.165) is 6.54 Å². The van der Waals surface area contributed by atoms with Crippen molar-refractivity contribution in [2.75, 3.05) is 13.1 Å². The smallest absolute Gasteiger partial charge is 0.0249 e. The zero-order chi connectivity index (χ0) is 15.4. The maximum atomic E-state index is 3.81. The Morgan fingerprint density at radius 2 is 1.60 bits per heavy atom. The van der Waals surface area contributed by atoms with Crippen molar-refractivity contribution in [2.45, 2.75) is 105 Å². The first kappa shape index (κ1) is 19.9. The molecule has 0 aliphatic heterocycles. The Morgan fingerprint density at radius 1 is 0.900 bits per heavy atom. The van der Waals surface area contributed by atoms with Crippen molar-refractivity contribution >= 4 is 0 Å². The molecule has 2 unspecified atom stereocenters. The summed E-state index contributed by atoms with van der Waals surface area (Å²) in [6, 6.07) is 2.01. The highest BCUT2D eigenvalue weighted by Crippen LogP contribution is 2.18. The van der Waals surface area contributed by atoms with Crippen LogP contribution in [0.4, 0.5) is 0 Å². The van der Waals surface area contributed by atoms with Gasteiger partial charge in [-0.05, 0) is 52.6 Å². The van der Waals surface area contributed by atoms with Crippen LogP contribution in [0.5, 0.6) is 0 Å². The predicted molar refractivity (Wildman–Crippen MR) is 92.4 cm³/mol. The summed E-state index contributed by atoms with van der Waals surface area (Å²) in [5.41, 5.74) is 0. The minimum absolute atomic E-state index is 0.652. The summed E-state index contributed by atoms with van der Waals surface area (Å²) >= 11 is 0. The van der Waals surface area contributed by atoms with E-state index in [-0.39, 0.29) is 0 Å². The van der Waals surface area contributed by atoms with E-state index in [0.29, 0.717) is 18.1 Å². The van der Waals surface area contributed by atoms with Gasteiger partial charge in [-0.1, -0.05) is 47.0 Å². The van der Waals surface area contributed by atoms with Gasteiger partial charge in [0.25, 0.3) is 0 Å². The largest absolute Gasteiger partial charge is 0.312 e. The lowest BCUT2D eigenvalue weighted by atomic mass is 9.97. The molecule has 0 radical (unpaired) electrons. The summed E-state index contributed by atoms with van der Waals surface area (Å²) < 4.78 is 0. The van der Waals surface area contributed by atoms with Crippen molar-refractivity contribution in [3.05, 3.63) is 0 Å². The molecule has 0 amide bonds. The minimum Gasteiger partial charge on any atom is -0.312 e. The van der Waals surface area contributed by atoms with Crippen LogP contribution in [0.3, 0.4) is 0 Å². The van der Waals surface area contributed by atoms with E-state index >= 15 is 0 Å². The van der Waals surface area contributed by atoms with Crippen LogP contribution in [0.1, 0.15) is 86.5 Å². The van der Waals surface area contributed by atoms with Gasteiger partial charge in [0.15, 0.2) is 0 Å². The standard InChI is InChI=1S/C18H40N2/c1-7-11-12-15-20(16(5)6)18(10-4)17(13-8-2)19-14-9-3/h16-19H,7-15H2,1-6H3. The maximum Gasteiger partial charge on any atom is 0.0249 e. The van der Waals surface area contributed by atoms with E-state index in [1.807, 2.05) is 0 Å². The lowest BCUT2D eigenvalue weighted by molar-refractivity contribution is 0.110. The molecule has 0 aliphatic carbocycles. The van der Waals surface area contributed by atoms with Crippen molar-refractivity contribution in [1.82, 2.24) is 10.2 Å². The zero-order valence-corrected chi connectivity index (χ0v) is 15.0. The first-order chi connectivity index (χ1) is 9.62. The third-order valence-corrected chi connectivity index (χ3v) is 4.25. The number of hydrogen-bond acceptors (Lipinski definition) is 2. The van der Waals surface area contributed by atoms with Crippen LogP contribution in [0.2, 0.25) is 0 Å². The Kier molecular flexibility index (Phi) is 12.6. The summed E-state index contributed by atoms with van der Waals surface area (Å²) in [6.07, 6.45) is 9.08. The normalized spacial score (nSPS) is 15.0. The Hall–Kier alpha value is -0.0800. The van der Waals surface area contributed by atoms with Crippen LogP contribution in [0.25, 0.3) is 0 Å². The first-order valence-electron chi connectivity index (χ1n) is 9.11. The highest BCUT2D eigenvalue weighted by Gasteiger charge is 2.26. The van der Waals surface area contributed by atoms with Crippen LogP contribution in [0, 0.1) is 0 Å². The molecule has 2 nitrogen and oxygen atoms in total. The second-order valence-electron chi connectivity index (χ2n) is 6.36. The van der Waals surface area contributed by atoms with E-state index in [9.17, 15) is 0 Å². The van der Waals surface area contributed by atoms with Crippen LogP contribution in [-0.4, -0.2) is 36.1 Å². The predicted octanol–water partition coefficient (Wildman–Crippen LogP) is 4.83. The lowest BCUT2D eigenvalue weighted by Crippen LogP contribution is -2.52. The van der Waals surface area contributed by atoms with Gasteiger partial charge >= 0.3 is 0 Å². The number of unbranched alkanes of at least 4 members (excludes halogenated alkanes) is 2. The van der Waals surface area contributed by atoms with E-state index in [2.05, 4.69) is 51.8 Å². The second kappa shape index (κ2) is 12.6. The van der Waals surface area contributed by atoms with Crippen molar-refractivity contribution in [3.8, 4) is 0 Å². The molecule has 0 aromatic rings. The van der Waals surface area contributed by atoms with E-state index < -0.39 is 0 Å². The van der Waals surface area contributed by atoms with E-state index in [1.165, 1.54) is 51.5 Å². The fourth-order valence-corrected chi connectivity index (χ4v) is 3.17. The molecule has 0 fully saturated rings. The van der Waals surface area contributed by atoms with Crippen molar-refractivity contribution in [3.63, 3.8) is 0 Å². The van der Waals surface area contributed by atoms with Gasteiger partial charge in [-0.2, -0.15) is 0 Å². The molecule has 0 saturated heterocycles. The fourth-order valence-electron chi connectivity index (χ4n) is 3.17. The molecule has 0 bridgehead atoms. The average Bonchev–Trinajstić information content (AvgIpc) is 2.43. The highest BCUT2D eigenvalue weighted by molar-refractivity contribution is 4.85. The third-order valence-electron chi connectivity index (χ3n) is 4.25. The molecule has 0 heterocycles. The Labute approximate surface area is 128 Å². The number of nitrogens with one attached hydrogen (secondary N) is 1. The summed E-state index contributed by atoms with van der Waals surface area (Å²) in [6.45, 7) is 16.4. The fraction of sp³-hybridized carbons (Fsp3) is 1.00. The van der Waals surface area contributed by atoms with Crippen LogP contribution >= 0.6 is 0 Å². The number of hydrogen-bond donors (Lipinski definition) is 1. The second-order valence-corrected chi connectivity index (χ2v) is 6.36. The summed E-state index contributed by atoms with van der Waals surface area (Å²) in [5, 5.41) is 3.81. The monoisotopic (exact) mass is 284 g/mol. The Bertz CT molecular complexity index is 204. The van der Waals surface area contributed by atoms with Gasteiger partial charge in [-0.25, -0.2) is 0 Å². The topological polar surface area (TPSA) is 15.3 Å². The molecule has 2 atom stereocenters. The lowest BCUT2D eigenvalue weighted by Gasteiger charge is -2.40. The molecule has 20 heavy (non-hydrogen) atoms. The Balaban J connectivity index is 4.70. The van der Waals surface area contributed by atoms with E-state index in [1.54, 1.807) is 0 Å². The van der Waals surface area contributed by atoms with Gasteiger partial charge in [-0.15, -0.1) is 0 Å². The molecule has 122 valence electrons. The molecule has 0 aromatic carbocycles. The molecule has 0 aromatic heterocycles. The molecule has 0 aliphatic rings. The molecule has 0 rings (SSSR count). The van der Waals surface area contributed by atoms with Crippen molar-refractivity contribution in [2.24, 2.45) is 0 Å². The summed E-state index contributed by atoms with van der Waals surface area (Å²) in [5.74, 6) is 0. The molecular weight excluding hydrogens is 244 g/mol. The molecule has 0 saturated carbocycles. The average molecular weight is 285 g/mol. The van der Waals surface area contributed by atoms with Crippen LogP contribution in [0.15, 0.2) is 0 Å². The van der Waals surface area contributed by atoms with E-state index in [4.69, 9.17) is 0 Å². The molecule has 2 heteroatoms.